The molecule has 0 bridgehead atoms. The molecule has 1 saturated heterocycles. The Labute approximate surface area is 121 Å². The van der Waals surface area contributed by atoms with Crippen molar-refractivity contribution in [1.29, 1.82) is 0 Å². The summed E-state index contributed by atoms with van der Waals surface area (Å²) in [6.07, 6.45) is 11.9. The Balaban J connectivity index is 1.67. The molecule has 4 heteroatoms. The van der Waals surface area contributed by atoms with Gasteiger partial charge in [0.05, 0.1) is 17.0 Å². The molecule has 1 aliphatic heterocycles. The van der Waals surface area contributed by atoms with Gasteiger partial charge in [-0.25, -0.2) is 0 Å². The molecule has 112 valence electrons. The average Bonchev–Trinajstić information content (AvgIpc) is 2.80. The Hall–Kier alpha value is -1.03. The van der Waals surface area contributed by atoms with E-state index in [2.05, 4.69) is 23.5 Å². The summed E-state index contributed by atoms with van der Waals surface area (Å²) in [6, 6.07) is 0.538. The fourth-order valence-corrected chi connectivity index (χ4v) is 3.83. The Morgan fingerprint density at radius 2 is 2.20 bits per heavy atom. The van der Waals surface area contributed by atoms with Crippen LogP contribution in [0.15, 0.2) is 6.20 Å². The second-order valence-corrected chi connectivity index (χ2v) is 6.44. The average molecular weight is 277 g/mol. The third kappa shape index (κ3) is 2.85. The molecule has 1 spiro atoms. The molecule has 1 atom stereocenters. The summed E-state index contributed by atoms with van der Waals surface area (Å²) in [4.78, 5) is 0. The number of rotatable bonds is 3. The Morgan fingerprint density at radius 3 is 2.95 bits per heavy atom. The number of anilines is 1. The number of nitrogens with zero attached hydrogens (tertiary/aromatic N) is 2. The van der Waals surface area contributed by atoms with Crippen LogP contribution in [0.2, 0.25) is 0 Å². The molecule has 1 saturated carbocycles. The Morgan fingerprint density at radius 1 is 1.40 bits per heavy atom. The first kappa shape index (κ1) is 13.9. The molecule has 0 aromatic carbocycles. The van der Waals surface area contributed by atoms with Crippen LogP contribution in [0.3, 0.4) is 0 Å². The van der Waals surface area contributed by atoms with Crippen molar-refractivity contribution in [2.75, 3.05) is 11.9 Å². The van der Waals surface area contributed by atoms with Gasteiger partial charge in [0.25, 0.3) is 0 Å². The zero-order valence-electron chi connectivity index (χ0n) is 12.8. The van der Waals surface area contributed by atoms with E-state index in [1.807, 2.05) is 11.7 Å². The molecule has 4 nitrogen and oxygen atoms in total. The van der Waals surface area contributed by atoms with Gasteiger partial charge in [-0.3, -0.25) is 4.68 Å². The monoisotopic (exact) mass is 277 g/mol. The maximum atomic E-state index is 6.18. The van der Waals surface area contributed by atoms with Crippen LogP contribution in [0.5, 0.6) is 0 Å². The van der Waals surface area contributed by atoms with Crippen LogP contribution in [0.1, 0.15) is 57.6 Å². The largest absolute Gasteiger partial charge is 0.379 e. The van der Waals surface area contributed by atoms with Crippen molar-refractivity contribution < 1.29 is 4.74 Å². The SMILES string of the molecule is CCc1nn(C)cc1NC1CCOC2(CCCCC2)C1. The summed E-state index contributed by atoms with van der Waals surface area (Å²) in [6.45, 7) is 3.07. The van der Waals surface area contributed by atoms with Gasteiger partial charge in [0.1, 0.15) is 0 Å². The molecule has 3 rings (SSSR count). The van der Waals surface area contributed by atoms with Crippen molar-refractivity contribution >= 4 is 5.69 Å². The van der Waals surface area contributed by atoms with Crippen molar-refractivity contribution in [3.05, 3.63) is 11.9 Å². The van der Waals surface area contributed by atoms with Crippen molar-refractivity contribution in [3.8, 4) is 0 Å². The van der Waals surface area contributed by atoms with Crippen molar-refractivity contribution in [2.24, 2.45) is 7.05 Å². The summed E-state index contributed by atoms with van der Waals surface area (Å²) in [5, 5.41) is 8.25. The normalized spacial score (nSPS) is 25.8. The first-order valence-electron chi connectivity index (χ1n) is 8.14. The van der Waals surface area contributed by atoms with E-state index in [-0.39, 0.29) is 5.60 Å². The molecule has 0 amide bonds. The van der Waals surface area contributed by atoms with Crippen LogP contribution in [0.4, 0.5) is 5.69 Å². The van der Waals surface area contributed by atoms with Crippen LogP contribution >= 0.6 is 0 Å². The lowest BCUT2D eigenvalue weighted by Crippen LogP contribution is -2.45. The highest BCUT2D eigenvalue weighted by Gasteiger charge is 2.38. The third-order valence-electron chi connectivity index (χ3n) is 4.86. The van der Waals surface area contributed by atoms with Gasteiger partial charge in [-0.15, -0.1) is 0 Å². The summed E-state index contributed by atoms with van der Waals surface area (Å²) in [5.41, 5.74) is 2.56. The van der Waals surface area contributed by atoms with Gasteiger partial charge in [-0.2, -0.15) is 5.10 Å². The van der Waals surface area contributed by atoms with Crippen molar-refractivity contribution in [1.82, 2.24) is 9.78 Å². The van der Waals surface area contributed by atoms with Crippen molar-refractivity contribution in [2.45, 2.75) is 69.9 Å². The molecule has 1 aromatic heterocycles. The minimum atomic E-state index is 0.169. The lowest BCUT2D eigenvalue weighted by molar-refractivity contribution is -0.103. The molecule has 20 heavy (non-hydrogen) atoms. The van der Waals surface area contributed by atoms with Gasteiger partial charge in [0.15, 0.2) is 0 Å². The highest BCUT2D eigenvalue weighted by atomic mass is 16.5. The molecule has 1 aromatic rings. The molecule has 2 aliphatic rings. The topological polar surface area (TPSA) is 39.1 Å². The van der Waals surface area contributed by atoms with E-state index in [1.165, 1.54) is 43.5 Å². The number of aromatic nitrogens is 2. The quantitative estimate of drug-likeness (QED) is 0.921. The maximum Gasteiger partial charge on any atom is 0.0853 e. The Kier molecular flexibility index (Phi) is 4.01. The summed E-state index contributed by atoms with van der Waals surface area (Å²) in [5.74, 6) is 0. The van der Waals surface area contributed by atoms with E-state index in [0.717, 1.165) is 25.9 Å². The Bertz CT molecular complexity index is 443. The number of ether oxygens (including phenoxy) is 1. The molecule has 1 N–H and O–H groups in total. The lowest BCUT2D eigenvalue weighted by Gasteiger charge is -2.43. The lowest BCUT2D eigenvalue weighted by atomic mass is 9.78. The van der Waals surface area contributed by atoms with E-state index in [0.29, 0.717) is 6.04 Å². The second-order valence-electron chi connectivity index (χ2n) is 6.44. The fourth-order valence-electron chi connectivity index (χ4n) is 3.83. The highest BCUT2D eigenvalue weighted by molar-refractivity contribution is 5.47. The summed E-state index contributed by atoms with van der Waals surface area (Å²) >= 11 is 0. The number of nitrogens with one attached hydrogen (secondary N) is 1. The minimum Gasteiger partial charge on any atom is -0.379 e. The molecular formula is C16H27N3O. The second kappa shape index (κ2) is 5.76. The standard InChI is InChI=1S/C16H27N3O/c1-3-14-15(12-19(2)18-14)17-13-7-10-20-16(11-13)8-5-4-6-9-16/h12-13,17H,3-11H2,1-2H3. The van der Waals surface area contributed by atoms with Crippen LogP contribution in [0.25, 0.3) is 0 Å². The van der Waals surface area contributed by atoms with E-state index >= 15 is 0 Å². The molecule has 1 unspecified atom stereocenters. The van der Waals surface area contributed by atoms with Gasteiger partial charge >= 0.3 is 0 Å². The van der Waals surface area contributed by atoms with Crippen molar-refractivity contribution in [3.63, 3.8) is 0 Å². The van der Waals surface area contributed by atoms with E-state index in [9.17, 15) is 0 Å². The van der Waals surface area contributed by atoms with Gasteiger partial charge in [0, 0.05) is 25.9 Å². The van der Waals surface area contributed by atoms with Crippen LogP contribution in [-0.4, -0.2) is 28.0 Å². The van der Waals surface area contributed by atoms with E-state index in [4.69, 9.17) is 4.74 Å². The minimum absolute atomic E-state index is 0.169. The van der Waals surface area contributed by atoms with Gasteiger partial charge in [-0.1, -0.05) is 26.2 Å². The first-order chi connectivity index (χ1) is 9.71. The zero-order chi connectivity index (χ0) is 14.0. The molecule has 2 heterocycles. The van der Waals surface area contributed by atoms with Gasteiger partial charge in [-0.05, 0) is 32.1 Å². The van der Waals surface area contributed by atoms with Crippen LogP contribution < -0.4 is 5.32 Å². The smallest absolute Gasteiger partial charge is 0.0853 e. The molecule has 0 radical (unpaired) electrons. The predicted octanol–water partition coefficient (Wildman–Crippen LogP) is 3.28. The first-order valence-corrected chi connectivity index (χ1v) is 8.14. The van der Waals surface area contributed by atoms with Gasteiger partial charge < -0.3 is 10.1 Å². The molecule has 1 aliphatic carbocycles. The number of aryl methyl sites for hydroxylation is 2. The van der Waals surface area contributed by atoms with E-state index < -0.39 is 0 Å². The number of hydrogen-bond acceptors (Lipinski definition) is 3. The number of hydrogen-bond donors (Lipinski definition) is 1. The third-order valence-corrected chi connectivity index (χ3v) is 4.86. The van der Waals surface area contributed by atoms with Crippen LogP contribution in [-0.2, 0) is 18.2 Å². The van der Waals surface area contributed by atoms with Gasteiger partial charge in [0.2, 0.25) is 0 Å². The molecular weight excluding hydrogens is 250 g/mol. The zero-order valence-corrected chi connectivity index (χ0v) is 12.8. The highest BCUT2D eigenvalue weighted by Crippen LogP contribution is 2.39. The van der Waals surface area contributed by atoms with Crippen LogP contribution in [0, 0.1) is 0 Å². The fraction of sp³-hybridized carbons (Fsp3) is 0.812. The van der Waals surface area contributed by atoms with E-state index in [1.54, 1.807) is 0 Å². The summed E-state index contributed by atoms with van der Waals surface area (Å²) in [7, 11) is 2.00. The summed E-state index contributed by atoms with van der Waals surface area (Å²) < 4.78 is 8.09. The maximum absolute atomic E-state index is 6.18. The molecule has 2 fully saturated rings. The predicted molar refractivity (Wildman–Crippen MR) is 81.0 cm³/mol.